The van der Waals surface area contributed by atoms with Crippen LogP contribution in [0.3, 0.4) is 0 Å². The van der Waals surface area contributed by atoms with Crippen LogP contribution in [0.5, 0.6) is 0 Å². The fourth-order valence-corrected chi connectivity index (χ4v) is 5.12. The topological polar surface area (TPSA) is 63.2 Å². The van der Waals surface area contributed by atoms with Gasteiger partial charge in [-0.15, -0.1) is 0 Å². The number of aryl methyl sites for hydroxylation is 1. The molecule has 1 aliphatic carbocycles. The fraction of sp³-hybridized carbons (Fsp3) is 0.533. The minimum absolute atomic E-state index is 0.00310. The molecule has 5 heteroatoms. The zero-order chi connectivity index (χ0) is 14.2. The molecule has 0 saturated carbocycles. The molecule has 2 atom stereocenters. The summed E-state index contributed by atoms with van der Waals surface area (Å²) in [5.41, 5.74) is 2.51. The first-order chi connectivity index (χ1) is 9.53. The number of nitrogens with one attached hydrogen (secondary N) is 1. The summed E-state index contributed by atoms with van der Waals surface area (Å²) in [5.74, 6) is 0.379. The van der Waals surface area contributed by atoms with Crippen LogP contribution in [-0.2, 0) is 21.1 Å². The summed E-state index contributed by atoms with van der Waals surface area (Å²) in [5, 5.41) is 3.06. The van der Waals surface area contributed by atoms with Gasteiger partial charge in [0.25, 0.3) is 0 Å². The standard InChI is InChI=1S/C15H19NO3S/c17-15(9-11-7-8-20(18,19)10-11)16-14-6-5-12-3-1-2-4-13(12)14/h1-4,11,14H,5-10H2,(H,16,17). The number of carbonyl (C=O) groups is 1. The highest BCUT2D eigenvalue weighted by molar-refractivity contribution is 7.91. The van der Waals surface area contributed by atoms with E-state index in [0.717, 1.165) is 12.8 Å². The molecule has 1 N–H and O–H groups in total. The molecule has 20 heavy (non-hydrogen) atoms. The Morgan fingerprint density at radius 2 is 2.05 bits per heavy atom. The second kappa shape index (κ2) is 5.20. The third-order valence-corrected chi connectivity index (χ3v) is 6.11. The van der Waals surface area contributed by atoms with Gasteiger partial charge >= 0.3 is 0 Å². The molecule has 1 amide bonds. The van der Waals surface area contributed by atoms with Crippen LogP contribution in [0.2, 0.25) is 0 Å². The second-order valence-corrected chi connectivity index (χ2v) is 8.06. The Morgan fingerprint density at radius 3 is 2.80 bits per heavy atom. The summed E-state index contributed by atoms with van der Waals surface area (Å²) >= 11 is 0. The lowest BCUT2D eigenvalue weighted by atomic mass is 10.0. The van der Waals surface area contributed by atoms with Crippen molar-refractivity contribution >= 4 is 15.7 Å². The van der Waals surface area contributed by atoms with Gasteiger partial charge in [-0.1, -0.05) is 24.3 Å². The molecule has 3 rings (SSSR count). The highest BCUT2D eigenvalue weighted by atomic mass is 32.2. The molecule has 1 aromatic rings. The number of fused-ring (bicyclic) bond motifs is 1. The molecule has 1 aliphatic heterocycles. The zero-order valence-electron chi connectivity index (χ0n) is 11.3. The van der Waals surface area contributed by atoms with E-state index in [4.69, 9.17) is 0 Å². The average molecular weight is 293 g/mol. The summed E-state index contributed by atoms with van der Waals surface area (Å²) in [7, 11) is -2.90. The molecule has 0 aromatic heterocycles. The van der Waals surface area contributed by atoms with Crippen molar-refractivity contribution in [1.29, 1.82) is 0 Å². The van der Waals surface area contributed by atoms with Gasteiger partial charge in [0.15, 0.2) is 9.84 Å². The van der Waals surface area contributed by atoms with Gasteiger partial charge in [-0.2, -0.15) is 0 Å². The summed E-state index contributed by atoms with van der Waals surface area (Å²) in [6, 6.07) is 8.27. The molecule has 1 aromatic carbocycles. The minimum atomic E-state index is -2.90. The SMILES string of the molecule is O=C(CC1CCS(=O)(=O)C1)NC1CCc2ccccc21. The quantitative estimate of drug-likeness (QED) is 0.921. The van der Waals surface area contributed by atoms with Gasteiger partial charge in [0.2, 0.25) is 5.91 Å². The fourth-order valence-electron chi connectivity index (χ4n) is 3.26. The van der Waals surface area contributed by atoms with E-state index in [1.165, 1.54) is 11.1 Å². The van der Waals surface area contributed by atoms with Gasteiger partial charge in [0.1, 0.15) is 0 Å². The first-order valence-electron chi connectivity index (χ1n) is 7.11. The smallest absolute Gasteiger partial charge is 0.220 e. The van der Waals surface area contributed by atoms with Crippen molar-refractivity contribution in [2.45, 2.75) is 31.7 Å². The Morgan fingerprint density at radius 1 is 1.25 bits per heavy atom. The van der Waals surface area contributed by atoms with Gasteiger partial charge in [-0.05, 0) is 36.3 Å². The molecule has 0 spiro atoms. The van der Waals surface area contributed by atoms with Crippen molar-refractivity contribution in [2.24, 2.45) is 5.92 Å². The lowest BCUT2D eigenvalue weighted by Crippen LogP contribution is -2.29. The van der Waals surface area contributed by atoms with Gasteiger partial charge in [-0.25, -0.2) is 8.42 Å². The van der Waals surface area contributed by atoms with Crippen molar-refractivity contribution in [3.05, 3.63) is 35.4 Å². The van der Waals surface area contributed by atoms with E-state index in [0.29, 0.717) is 12.8 Å². The predicted octanol–water partition coefficient (Wildman–Crippen LogP) is 1.61. The maximum Gasteiger partial charge on any atom is 0.220 e. The number of carbonyl (C=O) groups excluding carboxylic acids is 1. The van der Waals surface area contributed by atoms with Crippen LogP contribution in [0.1, 0.15) is 36.4 Å². The lowest BCUT2D eigenvalue weighted by Gasteiger charge is -2.15. The number of benzene rings is 1. The Balaban J connectivity index is 1.58. The van der Waals surface area contributed by atoms with Gasteiger partial charge < -0.3 is 5.32 Å². The van der Waals surface area contributed by atoms with Crippen LogP contribution in [-0.4, -0.2) is 25.8 Å². The highest BCUT2D eigenvalue weighted by Gasteiger charge is 2.30. The molecule has 2 unspecified atom stereocenters. The third-order valence-electron chi connectivity index (χ3n) is 4.27. The molecular weight excluding hydrogens is 274 g/mol. The molecule has 1 heterocycles. The first-order valence-corrected chi connectivity index (χ1v) is 8.93. The molecular formula is C15H19NO3S. The summed E-state index contributed by atoms with van der Waals surface area (Å²) in [4.78, 5) is 12.1. The average Bonchev–Trinajstić information content (AvgIpc) is 2.94. The van der Waals surface area contributed by atoms with Crippen LogP contribution in [0.15, 0.2) is 24.3 Å². The second-order valence-electron chi connectivity index (χ2n) is 5.83. The lowest BCUT2D eigenvalue weighted by molar-refractivity contribution is -0.122. The van der Waals surface area contributed by atoms with E-state index >= 15 is 0 Å². The number of amides is 1. The van der Waals surface area contributed by atoms with Crippen molar-refractivity contribution in [2.75, 3.05) is 11.5 Å². The van der Waals surface area contributed by atoms with Crippen molar-refractivity contribution < 1.29 is 13.2 Å². The van der Waals surface area contributed by atoms with Crippen molar-refractivity contribution in [3.8, 4) is 0 Å². The molecule has 2 aliphatic rings. The molecule has 108 valence electrons. The van der Waals surface area contributed by atoms with Crippen LogP contribution in [0, 0.1) is 5.92 Å². The molecule has 1 saturated heterocycles. The molecule has 4 nitrogen and oxygen atoms in total. The Labute approximate surface area is 119 Å². The minimum Gasteiger partial charge on any atom is -0.349 e. The van der Waals surface area contributed by atoms with Crippen molar-refractivity contribution in [1.82, 2.24) is 5.32 Å². The maximum absolute atomic E-state index is 12.1. The maximum atomic E-state index is 12.1. The van der Waals surface area contributed by atoms with E-state index in [1.54, 1.807) is 0 Å². The van der Waals surface area contributed by atoms with E-state index < -0.39 is 9.84 Å². The summed E-state index contributed by atoms with van der Waals surface area (Å²) in [6.07, 6.45) is 2.89. The largest absolute Gasteiger partial charge is 0.349 e. The highest BCUT2D eigenvalue weighted by Crippen LogP contribution is 2.31. The number of sulfone groups is 1. The number of hydrogen-bond donors (Lipinski definition) is 1. The summed E-state index contributed by atoms with van der Waals surface area (Å²) < 4.78 is 22.8. The normalized spacial score (nSPS) is 27.2. The Hall–Kier alpha value is -1.36. The van der Waals surface area contributed by atoms with Crippen molar-refractivity contribution in [3.63, 3.8) is 0 Å². The van der Waals surface area contributed by atoms with Crippen LogP contribution < -0.4 is 5.32 Å². The Bertz CT molecular complexity index is 624. The zero-order valence-corrected chi connectivity index (χ0v) is 12.2. The predicted molar refractivity (Wildman–Crippen MR) is 77.0 cm³/mol. The van der Waals surface area contributed by atoms with Crippen LogP contribution in [0.4, 0.5) is 0 Å². The van der Waals surface area contributed by atoms with Crippen LogP contribution in [0.25, 0.3) is 0 Å². The number of hydrogen-bond acceptors (Lipinski definition) is 3. The first kappa shape index (κ1) is 13.6. The molecule has 1 fully saturated rings. The molecule has 0 bridgehead atoms. The van der Waals surface area contributed by atoms with Gasteiger partial charge in [0, 0.05) is 6.42 Å². The van der Waals surface area contributed by atoms with E-state index in [2.05, 4.69) is 17.4 Å². The van der Waals surface area contributed by atoms with E-state index in [-0.39, 0.29) is 29.4 Å². The monoisotopic (exact) mass is 293 g/mol. The number of rotatable bonds is 3. The van der Waals surface area contributed by atoms with Gasteiger partial charge in [0.05, 0.1) is 17.5 Å². The third kappa shape index (κ3) is 2.87. The summed E-state index contributed by atoms with van der Waals surface area (Å²) in [6.45, 7) is 0. The van der Waals surface area contributed by atoms with Crippen LogP contribution >= 0.6 is 0 Å². The van der Waals surface area contributed by atoms with E-state index in [1.807, 2.05) is 12.1 Å². The Kier molecular flexibility index (Phi) is 3.54. The molecule has 0 radical (unpaired) electrons. The van der Waals surface area contributed by atoms with E-state index in [9.17, 15) is 13.2 Å². The van der Waals surface area contributed by atoms with Gasteiger partial charge in [-0.3, -0.25) is 4.79 Å².